The van der Waals surface area contributed by atoms with Gasteiger partial charge in [0.15, 0.2) is 5.78 Å². The van der Waals surface area contributed by atoms with Crippen molar-refractivity contribution >= 4 is 39.9 Å². The molecule has 0 aromatic heterocycles. The fraction of sp³-hybridized carbons (Fsp3) is 0.303. The number of esters is 1. The molecule has 1 amide bonds. The van der Waals surface area contributed by atoms with Crippen LogP contribution in [0.25, 0.3) is 12.2 Å². The molecular formula is C33H45NO7S. The van der Waals surface area contributed by atoms with Gasteiger partial charge in [0.25, 0.3) is 10.1 Å². The number of ether oxygens (including phenoxy) is 1. The molecule has 2 aromatic carbocycles. The summed E-state index contributed by atoms with van der Waals surface area (Å²) in [5.74, 6) is -0.637. The zero-order valence-electron chi connectivity index (χ0n) is 25.8. The highest BCUT2D eigenvalue weighted by molar-refractivity contribution is 7.85. The number of allylic oxidation sites excluding steroid dienone is 1. The number of hydrogen-bond acceptors (Lipinski definition) is 6. The molecule has 0 atom stereocenters. The van der Waals surface area contributed by atoms with Gasteiger partial charge in [-0.3, -0.25) is 18.9 Å². The van der Waals surface area contributed by atoms with E-state index in [2.05, 4.69) is 62.8 Å². The highest BCUT2D eigenvalue weighted by Crippen LogP contribution is 2.12. The Morgan fingerprint density at radius 1 is 0.857 bits per heavy atom. The number of benzene rings is 2. The number of carbonyl (C=O) groups is 3. The van der Waals surface area contributed by atoms with Crippen LogP contribution in [-0.4, -0.2) is 41.9 Å². The molecule has 0 unspecified atom stereocenters. The van der Waals surface area contributed by atoms with Gasteiger partial charge in [-0.2, -0.15) is 8.42 Å². The Morgan fingerprint density at radius 2 is 1.26 bits per heavy atom. The number of hydrogen-bond donors (Lipinski definition) is 2. The number of carbonyl (C=O) groups excluding carboxylic acids is 3. The molecule has 9 heteroatoms. The SMILES string of the molecule is C=C(C)C(=O)NC(C)(C)CS(=O)(=O)O.C=C(C)C(C)=O.C=Cc1ccc(CC)cc1.C=Cc1ccc(OC(C)=O)cc1. The lowest BCUT2D eigenvalue weighted by Crippen LogP contribution is -2.48. The number of nitrogens with one attached hydrogen (secondary N) is 1. The highest BCUT2D eigenvalue weighted by atomic mass is 32.2. The van der Waals surface area contributed by atoms with Gasteiger partial charge >= 0.3 is 5.97 Å². The van der Waals surface area contributed by atoms with E-state index in [0.717, 1.165) is 12.0 Å². The first kappa shape index (κ1) is 40.1. The fourth-order valence-electron chi connectivity index (χ4n) is 2.63. The van der Waals surface area contributed by atoms with Crippen molar-refractivity contribution in [1.82, 2.24) is 5.32 Å². The van der Waals surface area contributed by atoms with Crippen LogP contribution in [0.4, 0.5) is 0 Å². The van der Waals surface area contributed by atoms with Crippen LogP contribution in [0.15, 0.2) is 86.0 Å². The van der Waals surface area contributed by atoms with Gasteiger partial charge in [0, 0.05) is 12.5 Å². The Bertz CT molecular complexity index is 1310. The van der Waals surface area contributed by atoms with Crippen LogP contribution in [0.1, 0.15) is 65.2 Å². The molecule has 42 heavy (non-hydrogen) atoms. The smallest absolute Gasteiger partial charge is 0.308 e. The Morgan fingerprint density at radius 3 is 1.55 bits per heavy atom. The Labute approximate surface area is 251 Å². The molecule has 2 N–H and O–H groups in total. The van der Waals surface area contributed by atoms with E-state index in [1.54, 1.807) is 25.1 Å². The summed E-state index contributed by atoms with van der Waals surface area (Å²) in [4.78, 5) is 31.7. The van der Waals surface area contributed by atoms with Crippen molar-refractivity contribution < 1.29 is 32.1 Å². The molecule has 0 bridgehead atoms. The lowest BCUT2D eigenvalue weighted by molar-refractivity contribution is -0.132. The maximum atomic E-state index is 11.2. The topological polar surface area (TPSA) is 127 Å². The summed E-state index contributed by atoms with van der Waals surface area (Å²) >= 11 is 0. The van der Waals surface area contributed by atoms with Crippen LogP contribution >= 0.6 is 0 Å². The lowest BCUT2D eigenvalue weighted by atomic mass is 10.1. The van der Waals surface area contributed by atoms with Gasteiger partial charge in [-0.1, -0.05) is 81.8 Å². The summed E-state index contributed by atoms with van der Waals surface area (Å²) in [5.41, 5.74) is 3.47. The van der Waals surface area contributed by atoms with E-state index >= 15 is 0 Å². The number of ketones is 1. The second kappa shape index (κ2) is 19.9. The van der Waals surface area contributed by atoms with Crippen LogP contribution in [0.3, 0.4) is 0 Å². The van der Waals surface area contributed by atoms with Crippen LogP contribution in [-0.2, 0) is 30.9 Å². The van der Waals surface area contributed by atoms with E-state index in [-0.39, 0.29) is 17.3 Å². The third-order valence-electron chi connectivity index (χ3n) is 4.98. The maximum absolute atomic E-state index is 11.2. The number of rotatable bonds is 9. The average molecular weight is 600 g/mol. The summed E-state index contributed by atoms with van der Waals surface area (Å²) in [6.07, 6.45) is 4.70. The van der Waals surface area contributed by atoms with Gasteiger partial charge in [0.2, 0.25) is 5.91 Å². The first-order valence-corrected chi connectivity index (χ1v) is 14.6. The van der Waals surface area contributed by atoms with E-state index in [1.807, 2.05) is 18.2 Å². The summed E-state index contributed by atoms with van der Waals surface area (Å²) in [6, 6.07) is 15.6. The van der Waals surface area contributed by atoms with Crippen molar-refractivity contribution in [2.24, 2.45) is 0 Å². The van der Waals surface area contributed by atoms with Crippen LogP contribution < -0.4 is 10.1 Å². The van der Waals surface area contributed by atoms with Crippen LogP contribution in [0, 0.1) is 0 Å². The van der Waals surface area contributed by atoms with E-state index in [1.165, 1.54) is 45.7 Å². The summed E-state index contributed by atoms with van der Waals surface area (Å²) in [6.45, 7) is 25.4. The van der Waals surface area contributed by atoms with Crippen LogP contribution in [0.5, 0.6) is 5.75 Å². The first-order valence-electron chi connectivity index (χ1n) is 13.0. The van der Waals surface area contributed by atoms with Gasteiger partial charge < -0.3 is 10.1 Å². The second-order valence-corrected chi connectivity index (χ2v) is 11.3. The van der Waals surface area contributed by atoms with Crippen molar-refractivity contribution in [3.63, 3.8) is 0 Å². The number of Topliss-reactive ketones (excluding diaryl/α,β-unsaturated/α-hetero) is 1. The maximum Gasteiger partial charge on any atom is 0.308 e. The van der Waals surface area contributed by atoms with Crippen molar-refractivity contribution in [3.8, 4) is 5.75 Å². The predicted octanol–water partition coefficient (Wildman–Crippen LogP) is 6.64. The highest BCUT2D eigenvalue weighted by Gasteiger charge is 2.26. The normalized spacial score (nSPS) is 10.0. The van der Waals surface area contributed by atoms with Crippen molar-refractivity contribution in [1.29, 1.82) is 0 Å². The predicted molar refractivity (Wildman–Crippen MR) is 173 cm³/mol. The van der Waals surface area contributed by atoms with E-state index in [4.69, 9.17) is 9.29 Å². The fourth-order valence-corrected chi connectivity index (χ4v) is 3.62. The van der Waals surface area contributed by atoms with E-state index < -0.39 is 27.3 Å². The van der Waals surface area contributed by atoms with Crippen LogP contribution in [0.2, 0.25) is 0 Å². The van der Waals surface area contributed by atoms with Gasteiger partial charge in [-0.15, -0.1) is 0 Å². The van der Waals surface area contributed by atoms with Crippen molar-refractivity contribution in [2.45, 2.75) is 60.4 Å². The third-order valence-corrected chi connectivity index (χ3v) is 6.07. The summed E-state index contributed by atoms with van der Waals surface area (Å²) in [5, 5.41) is 2.43. The lowest BCUT2D eigenvalue weighted by Gasteiger charge is -2.24. The number of aryl methyl sites for hydroxylation is 1. The van der Waals surface area contributed by atoms with E-state index in [9.17, 15) is 22.8 Å². The van der Waals surface area contributed by atoms with Crippen molar-refractivity contribution in [3.05, 3.63) is 103 Å². The molecule has 0 aliphatic rings. The molecule has 0 spiro atoms. The molecule has 0 saturated heterocycles. The van der Waals surface area contributed by atoms with Gasteiger partial charge in [-0.25, -0.2) is 0 Å². The Balaban J connectivity index is 0. The molecule has 8 nitrogen and oxygen atoms in total. The zero-order valence-corrected chi connectivity index (χ0v) is 26.6. The minimum Gasteiger partial charge on any atom is -0.427 e. The van der Waals surface area contributed by atoms with Gasteiger partial charge in [-0.05, 0) is 75.4 Å². The second-order valence-electron chi connectivity index (χ2n) is 9.85. The quantitative estimate of drug-likeness (QED) is 0.143. The summed E-state index contributed by atoms with van der Waals surface area (Å²) < 4.78 is 34.6. The summed E-state index contributed by atoms with van der Waals surface area (Å²) in [7, 11) is -4.10. The number of amides is 1. The molecule has 0 radical (unpaired) electrons. The first-order chi connectivity index (χ1) is 19.3. The van der Waals surface area contributed by atoms with Crippen molar-refractivity contribution in [2.75, 3.05) is 5.75 Å². The molecule has 0 heterocycles. The third kappa shape index (κ3) is 21.7. The largest absolute Gasteiger partial charge is 0.427 e. The molecule has 2 aromatic rings. The molecule has 230 valence electrons. The molecule has 0 aliphatic heterocycles. The molecule has 0 aliphatic carbocycles. The zero-order chi connectivity index (χ0) is 33.1. The molecule has 0 fully saturated rings. The molecule has 0 saturated carbocycles. The minimum absolute atomic E-state index is 0.0648. The standard InChI is InChI=1S/C10H10O2.C10H12.C8H15NO4S.C5H8O/c1-3-9-4-6-10(7-5-9)12-8(2)11;1-3-9-5-7-10(4-2)8-6-9;1-6(2)7(10)9-8(3,4)5-14(11,12)13;1-4(2)5(3)6/h3-7H,1H2,2H3;3,5-8H,1,4H2,2H3;1,5H2,2-4H3,(H,9,10)(H,11,12,13);1H2,2-3H3. The Hall–Kier alpha value is -4.08. The van der Waals surface area contributed by atoms with E-state index in [0.29, 0.717) is 11.3 Å². The molecular weight excluding hydrogens is 554 g/mol. The Kier molecular flexibility index (Phi) is 19.0. The minimum atomic E-state index is -4.10. The average Bonchev–Trinajstić information content (AvgIpc) is 2.88. The molecule has 2 rings (SSSR count). The van der Waals surface area contributed by atoms with Gasteiger partial charge in [0.1, 0.15) is 5.75 Å². The monoisotopic (exact) mass is 599 g/mol. The van der Waals surface area contributed by atoms with Gasteiger partial charge in [0.05, 0.1) is 11.3 Å².